The summed E-state index contributed by atoms with van der Waals surface area (Å²) in [4.78, 5) is 0. The number of aryl methyl sites for hydroxylation is 2. The van der Waals surface area contributed by atoms with Gasteiger partial charge in [-0.25, -0.2) is 4.68 Å². The second kappa shape index (κ2) is 6.18. The standard InChI is InChI=1S/C16H16BrN3O/c17-15-9-8-14(21-15)13-11-16(18)20(19-13)10-4-7-12-5-2-1-3-6-12/h1-3,5-6,8-9,11H,4,7,10,18H2. The summed E-state index contributed by atoms with van der Waals surface area (Å²) in [5.74, 6) is 1.38. The van der Waals surface area contributed by atoms with Gasteiger partial charge in [-0.15, -0.1) is 0 Å². The van der Waals surface area contributed by atoms with Crippen molar-refractivity contribution in [3.63, 3.8) is 0 Å². The largest absolute Gasteiger partial charge is 0.448 e. The lowest BCUT2D eigenvalue weighted by atomic mass is 10.1. The quantitative estimate of drug-likeness (QED) is 0.756. The highest BCUT2D eigenvalue weighted by Crippen LogP contribution is 2.25. The maximum Gasteiger partial charge on any atom is 0.169 e. The molecule has 0 radical (unpaired) electrons. The van der Waals surface area contributed by atoms with Crippen LogP contribution < -0.4 is 5.73 Å². The molecule has 0 bridgehead atoms. The van der Waals surface area contributed by atoms with Crippen molar-refractivity contribution < 1.29 is 4.42 Å². The number of nitrogen functional groups attached to an aromatic ring is 1. The molecule has 0 saturated heterocycles. The lowest BCUT2D eigenvalue weighted by Gasteiger charge is -2.04. The Morgan fingerprint density at radius 1 is 1.14 bits per heavy atom. The van der Waals surface area contributed by atoms with Gasteiger partial charge in [0.2, 0.25) is 0 Å². The molecule has 3 aromatic rings. The van der Waals surface area contributed by atoms with Gasteiger partial charge in [0.1, 0.15) is 11.5 Å². The third-order valence-electron chi connectivity index (χ3n) is 3.31. The van der Waals surface area contributed by atoms with Gasteiger partial charge in [0.05, 0.1) is 0 Å². The summed E-state index contributed by atoms with van der Waals surface area (Å²) in [6.07, 6.45) is 2.01. The Morgan fingerprint density at radius 2 is 1.95 bits per heavy atom. The van der Waals surface area contributed by atoms with Crippen LogP contribution >= 0.6 is 15.9 Å². The molecule has 0 spiro atoms. The van der Waals surface area contributed by atoms with E-state index in [1.807, 2.05) is 28.9 Å². The predicted octanol–water partition coefficient (Wildman–Crippen LogP) is 4.12. The lowest BCUT2D eigenvalue weighted by molar-refractivity contribution is 0.546. The van der Waals surface area contributed by atoms with Crippen molar-refractivity contribution >= 4 is 21.7 Å². The Hall–Kier alpha value is -2.01. The van der Waals surface area contributed by atoms with E-state index in [2.05, 4.69) is 45.3 Å². The zero-order valence-electron chi connectivity index (χ0n) is 11.5. The number of anilines is 1. The highest BCUT2D eigenvalue weighted by molar-refractivity contribution is 9.10. The molecule has 4 nitrogen and oxygen atoms in total. The molecule has 2 heterocycles. The number of benzene rings is 1. The van der Waals surface area contributed by atoms with Gasteiger partial charge in [-0.1, -0.05) is 30.3 Å². The summed E-state index contributed by atoms with van der Waals surface area (Å²) in [5, 5.41) is 4.50. The molecule has 108 valence electrons. The van der Waals surface area contributed by atoms with E-state index in [0.717, 1.165) is 30.8 Å². The van der Waals surface area contributed by atoms with Gasteiger partial charge >= 0.3 is 0 Å². The predicted molar refractivity (Wildman–Crippen MR) is 86.8 cm³/mol. The Balaban J connectivity index is 1.65. The number of hydrogen-bond donors (Lipinski definition) is 1. The number of halogens is 1. The van der Waals surface area contributed by atoms with Crippen LogP contribution in [-0.4, -0.2) is 9.78 Å². The molecule has 2 aromatic heterocycles. The average molecular weight is 346 g/mol. The van der Waals surface area contributed by atoms with E-state index in [0.29, 0.717) is 10.5 Å². The van der Waals surface area contributed by atoms with Crippen molar-refractivity contribution in [3.05, 3.63) is 58.8 Å². The fourth-order valence-corrected chi connectivity index (χ4v) is 2.57. The van der Waals surface area contributed by atoms with Gasteiger partial charge in [-0.2, -0.15) is 5.10 Å². The molecule has 5 heteroatoms. The van der Waals surface area contributed by atoms with Gasteiger partial charge in [0, 0.05) is 12.6 Å². The van der Waals surface area contributed by atoms with Gasteiger partial charge in [-0.3, -0.25) is 0 Å². The van der Waals surface area contributed by atoms with Crippen LogP contribution in [0.1, 0.15) is 12.0 Å². The number of aromatic nitrogens is 2. The molecule has 2 N–H and O–H groups in total. The topological polar surface area (TPSA) is 57.0 Å². The van der Waals surface area contributed by atoms with Crippen molar-refractivity contribution in [1.82, 2.24) is 9.78 Å². The third-order valence-corrected chi connectivity index (χ3v) is 3.74. The van der Waals surface area contributed by atoms with Gasteiger partial charge < -0.3 is 10.2 Å². The molecule has 21 heavy (non-hydrogen) atoms. The van der Waals surface area contributed by atoms with Gasteiger partial charge in [0.25, 0.3) is 0 Å². The van der Waals surface area contributed by atoms with Gasteiger partial charge in [-0.05, 0) is 46.5 Å². The molecule has 0 aliphatic rings. The first-order valence-corrected chi connectivity index (χ1v) is 7.64. The van der Waals surface area contributed by atoms with Crippen LogP contribution in [0.15, 0.2) is 57.6 Å². The Labute approximate surface area is 131 Å². The molecule has 0 unspecified atom stereocenters. The Morgan fingerprint density at radius 3 is 2.67 bits per heavy atom. The van der Waals surface area contributed by atoms with Crippen molar-refractivity contribution in [2.75, 3.05) is 5.73 Å². The highest BCUT2D eigenvalue weighted by atomic mass is 79.9. The molecule has 0 saturated carbocycles. The van der Waals surface area contributed by atoms with Crippen LogP contribution in [0.25, 0.3) is 11.5 Å². The first-order valence-electron chi connectivity index (χ1n) is 6.85. The summed E-state index contributed by atoms with van der Waals surface area (Å²) in [5.41, 5.74) is 8.11. The maximum absolute atomic E-state index is 6.01. The summed E-state index contributed by atoms with van der Waals surface area (Å²) in [7, 11) is 0. The Kier molecular flexibility index (Phi) is 4.10. The van der Waals surface area contributed by atoms with Crippen LogP contribution in [0, 0.1) is 0 Å². The fraction of sp³-hybridized carbons (Fsp3) is 0.188. The Bertz CT molecular complexity index is 718. The molecule has 0 fully saturated rings. The van der Waals surface area contributed by atoms with Crippen molar-refractivity contribution in [2.24, 2.45) is 0 Å². The van der Waals surface area contributed by atoms with E-state index in [-0.39, 0.29) is 0 Å². The number of hydrogen-bond acceptors (Lipinski definition) is 3. The summed E-state index contributed by atoms with van der Waals surface area (Å²) in [6.45, 7) is 0.794. The molecular formula is C16H16BrN3O. The maximum atomic E-state index is 6.01. The summed E-state index contributed by atoms with van der Waals surface area (Å²) >= 11 is 3.29. The van der Waals surface area contributed by atoms with E-state index in [1.54, 1.807) is 0 Å². The number of nitrogens with two attached hydrogens (primary N) is 1. The van der Waals surface area contributed by atoms with Crippen molar-refractivity contribution in [2.45, 2.75) is 19.4 Å². The SMILES string of the molecule is Nc1cc(-c2ccc(Br)o2)nn1CCCc1ccccc1. The number of nitrogens with zero attached hydrogens (tertiary/aromatic N) is 2. The van der Waals surface area contributed by atoms with E-state index in [1.165, 1.54) is 5.56 Å². The normalized spacial score (nSPS) is 10.9. The van der Waals surface area contributed by atoms with Crippen molar-refractivity contribution in [3.8, 4) is 11.5 Å². The molecule has 0 aliphatic carbocycles. The van der Waals surface area contributed by atoms with Crippen LogP contribution in [0.3, 0.4) is 0 Å². The van der Waals surface area contributed by atoms with Crippen LogP contribution in [0.5, 0.6) is 0 Å². The zero-order valence-corrected chi connectivity index (χ0v) is 13.1. The van der Waals surface area contributed by atoms with Gasteiger partial charge in [0.15, 0.2) is 10.4 Å². The van der Waals surface area contributed by atoms with E-state index in [4.69, 9.17) is 10.2 Å². The van der Waals surface area contributed by atoms with E-state index < -0.39 is 0 Å². The smallest absolute Gasteiger partial charge is 0.169 e. The number of rotatable bonds is 5. The number of furan rings is 1. The fourth-order valence-electron chi connectivity index (χ4n) is 2.26. The first-order chi connectivity index (χ1) is 10.2. The summed E-state index contributed by atoms with van der Waals surface area (Å²) < 4.78 is 8.01. The molecule has 0 amide bonds. The molecule has 0 aliphatic heterocycles. The van der Waals surface area contributed by atoms with Crippen molar-refractivity contribution in [1.29, 1.82) is 0 Å². The molecule has 0 atom stereocenters. The third kappa shape index (κ3) is 3.36. The lowest BCUT2D eigenvalue weighted by Crippen LogP contribution is -2.05. The van der Waals surface area contributed by atoms with Crippen LogP contribution in [0.4, 0.5) is 5.82 Å². The minimum atomic E-state index is 0.658. The minimum absolute atomic E-state index is 0.658. The first kappa shape index (κ1) is 13.9. The second-order valence-corrected chi connectivity index (χ2v) is 5.65. The van der Waals surface area contributed by atoms with E-state index in [9.17, 15) is 0 Å². The molecule has 1 aromatic carbocycles. The van der Waals surface area contributed by atoms with Crippen LogP contribution in [-0.2, 0) is 13.0 Å². The molecule has 3 rings (SSSR count). The second-order valence-electron chi connectivity index (χ2n) is 4.87. The summed E-state index contributed by atoms with van der Waals surface area (Å²) in [6, 6.07) is 16.0. The minimum Gasteiger partial charge on any atom is -0.448 e. The average Bonchev–Trinajstić information content (AvgIpc) is 3.07. The van der Waals surface area contributed by atoms with Crippen LogP contribution in [0.2, 0.25) is 0 Å². The zero-order chi connectivity index (χ0) is 14.7. The highest BCUT2D eigenvalue weighted by Gasteiger charge is 2.10. The van der Waals surface area contributed by atoms with E-state index >= 15 is 0 Å². The molecular weight excluding hydrogens is 330 g/mol. The monoisotopic (exact) mass is 345 g/mol.